The van der Waals surface area contributed by atoms with Gasteiger partial charge in [-0.2, -0.15) is 5.26 Å². The first kappa shape index (κ1) is 22.4. The third kappa shape index (κ3) is 5.11. The summed E-state index contributed by atoms with van der Waals surface area (Å²) in [5.74, 6) is -0.743. The molecule has 2 aromatic rings. The van der Waals surface area contributed by atoms with Crippen LogP contribution in [-0.2, 0) is 4.79 Å². The predicted octanol–water partition coefficient (Wildman–Crippen LogP) is 3.20. The Bertz CT molecular complexity index is 1030. The van der Waals surface area contributed by atoms with Gasteiger partial charge in [0.05, 0.1) is 16.4 Å². The summed E-state index contributed by atoms with van der Waals surface area (Å²) < 4.78 is 5.73. The highest BCUT2D eigenvalue weighted by Crippen LogP contribution is 2.27. The van der Waals surface area contributed by atoms with Gasteiger partial charge in [0.25, 0.3) is 17.5 Å². The van der Waals surface area contributed by atoms with Crippen molar-refractivity contribution in [2.24, 2.45) is 5.41 Å². The molecule has 0 heterocycles. The summed E-state index contributed by atoms with van der Waals surface area (Å²) in [7, 11) is 1.44. The van der Waals surface area contributed by atoms with Crippen molar-refractivity contribution in [1.29, 1.82) is 5.26 Å². The van der Waals surface area contributed by atoms with Crippen molar-refractivity contribution >= 4 is 23.2 Å². The van der Waals surface area contributed by atoms with Gasteiger partial charge < -0.3 is 15.4 Å². The summed E-state index contributed by atoms with van der Waals surface area (Å²) >= 11 is 0. The van der Waals surface area contributed by atoms with Gasteiger partial charge >= 0.3 is 0 Å². The maximum absolute atomic E-state index is 12.6. The van der Waals surface area contributed by atoms with Crippen LogP contribution in [0.15, 0.2) is 42.5 Å². The number of hydrogen-bond acceptors (Lipinski definition) is 6. The zero-order valence-electron chi connectivity index (χ0n) is 17.1. The van der Waals surface area contributed by atoms with Crippen LogP contribution < -0.4 is 15.4 Å². The van der Waals surface area contributed by atoms with Gasteiger partial charge in [0, 0.05) is 29.9 Å². The van der Waals surface area contributed by atoms with Crippen LogP contribution in [0.2, 0.25) is 0 Å². The molecule has 0 spiro atoms. The average Bonchev–Trinajstić information content (AvgIpc) is 2.72. The van der Waals surface area contributed by atoms with E-state index in [0.717, 1.165) is 0 Å². The molecule has 1 atom stereocenters. The fourth-order valence-electron chi connectivity index (χ4n) is 2.65. The molecule has 0 aliphatic carbocycles. The van der Waals surface area contributed by atoms with Gasteiger partial charge in [0.1, 0.15) is 5.75 Å². The molecule has 0 aliphatic heterocycles. The van der Waals surface area contributed by atoms with Crippen LogP contribution in [0.1, 0.15) is 29.8 Å². The number of nitro groups is 1. The number of rotatable bonds is 7. The van der Waals surface area contributed by atoms with Gasteiger partial charge in [-0.05, 0) is 45.0 Å². The van der Waals surface area contributed by atoms with E-state index in [-0.39, 0.29) is 22.7 Å². The Balaban J connectivity index is 2.25. The number of likely N-dealkylation sites (N-methyl/N-ethyl adjacent to an activating group) is 1. The third-order valence-electron chi connectivity index (χ3n) is 4.44. The second kappa shape index (κ2) is 9.05. The minimum atomic E-state index is -1.11. The second-order valence-electron chi connectivity index (χ2n) is 7.19. The van der Waals surface area contributed by atoms with Crippen molar-refractivity contribution in [1.82, 2.24) is 5.32 Å². The SMILES string of the molecule is CNC(=O)C(Oc1cccc(C(=O)Nc2ccc(C)c([N+](=O)[O-])c2)c1)C(C)(C)C#N. The number of amides is 2. The predicted molar refractivity (Wildman–Crippen MR) is 110 cm³/mol. The van der Waals surface area contributed by atoms with Crippen molar-refractivity contribution in [3.8, 4) is 11.8 Å². The molecule has 0 aliphatic rings. The van der Waals surface area contributed by atoms with E-state index < -0.39 is 28.3 Å². The van der Waals surface area contributed by atoms with E-state index >= 15 is 0 Å². The molecule has 156 valence electrons. The first-order chi connectivity index (χ1) is 14.1. The maximum atomic E-state index is 12.6. The number of hydrogen-bond donors (Lipinski definition) is 2. The van der Waals surface area contributed by atoms with Gasteiger partial charge in [-0.15, -0.1) is 0 Å². The number of benzene rings is 2. The number of nitrogens with one attached hydrogen (secondary N) is 2. The smallest absolute Gasteiger partial charge is 0.274 e. The molecular weight excluding hydrogens is 388 g/mol. The first-order valence-electron chi connectivity index (χ1n) is 9.05. The standard InChI is InChI=1S/C21H22N4O5/c1-13-8-9-15(11-17(13)25(28)29)24-19(26)14-6-5-7-16(10-14)30-18(20(27)23-4)21(2,3)12-22/h5-11,18H,1-4H3,(H,23,27)(H,24,26). The zero-order chi connectivity index (χ0) is 22.5. The van der Waals surface area contributed by atoms with Crippen LogP contribution in [0.4, 0.5) is 11.4 Å². The maximum Gasteiger partial charge on any atom is 0.274 e. The molecule has 0 radical (unpaired) electrons. The fraction of sp³-hybridized carbons (Fsp3) is 0.286. The van der Waals surface area contributed by atoms with Crippen LogP contribution >= 0.6 is 0 Å². The molecule has 9 nitrogen and oxygen atoms in total. The van der Waals surface area contributed by atoms with Gasteiger partial charge in [0.15, 0.2) is 6.10 Å². The van der Waals surface area contributed by atoms with E-state index in [1.807, 2.05) is 6.07 Å². The molecular formula is C21H22N4O5. The Kier molecular flexibility index (Phi) is 6.74. The van der Waals surface area contributed by atoms with Crippen LogP contribution in [-0.4, -0.2) is 29.9 Å². The molecule has 0 fully saturated rings. The summed E-state index contributed by atoms with van der Waals surface area (Å²) in [5, 5.41) is 25.5. The second-order valence-corrected chi connectivity index (χ2v) is 7.19. The molecule has 2 aromatic carbocycles. The molecule has 0 aromatic heterocycles. The van der Waals surface area contributed by atoms with Gasteiger partial charge in [-0.25, -0.2) is 0 Å². The Morgan fingerprint density at radius 2 is 1.93 bits per heavy atom. The fourth-order valence-corrected chi connectivity index (χ4v) is 2.65. The molecule has 0 saturated heterocycles. The lowest BCUT2D eigenvalue weighted by Gasteiger charge is -2.27. The van der Waals surface area contributed by atoms with E-state index in [0.29, 0.717) is 5.56 Å². The third-order valence-corrected chi connectivity index (χ3v) is 4.44. The molecule has 2 N–H and O–H groups in total. The van der Waals surface area contributed by atoms with Gasteiger partial charge in [0.2, 0.25) is 0 Å². The summed E-state index contributed by atoms with van der Waals surface area (Å²) in [4.78, 5) is 35.3. The molecule has 2 amide bonds. The summed E-state index contributed by atoms with van der Waals surface area (Å²) in [6.07, 6.45) is -1.09. The van der Waals surface area contributed by atoms with Crippen LogP contribution in [0, 0.1) is 33.8 Å². The lowest BCUT2D eigenvalue weighted by atomic mass is 9.87. The Morgan fingerprint density at radius 1 is 1.23 bits per heavy atom. The minimum absolute atomic E-state index is 0.1000. The molecule has 9 heteroatoms. The van der Waals surface area contributed by atoms with Crippen molar-refractivity contribution in [2.75, 3.05) is 12.4 Å². The summed E-state index contributed by atoms with van der Waals surface area (Å²) in [6.45, 7) is 4.76. The lowest BCUT2D eigenvalue weighted by Crippen LogP contribution is -2.45. The van der Waals surface area contributed by atoms with Crippen LogP contribution in [0.25, 0.3) is 0 Å². The Morgan fingerprint density at radius 3 is 2.53 bits per heavy atom. The molecule has 2 rings (SSSR count). The van der Waals surface area contributed by atoms with Crippen molar-refractivity contribution in [3.05, 3.63) is 63.7 Å². The first-order valence-corrected chi connectivity index (χ1v) is 9.05. The highest BCUT2D eigenvalue weighted by Gasteiger charge is 2.37. The van der Waals surface area contributed by atoms with E-state index in [2.05, 4.69) is 10.6 Å². The van der Waals surface area contributed by atoms with Crippen LogP contribution in [0.5, 0.6) is 5.75 Å². The Labute approximate surface area is 173 Å². The van der Waals surface area contributed by atoms with Crippen molar-refractivity contribution in [2.45, 2.75) is 26.9 Å². The normalized spacial score (nSPS) is 11.7. The minimum Gasteiger partial charge on any atom is -0.479 e. The number of nitrogens with zero attached hydrogens (tertiary/aromatic N) is 2. The summed E-state index contributed by atoms with van der Waals surface area (Å²) in [5.41, 5.74) is -0.233. The molecule has 1 unspecified atom stereocenters. The number of anilines is 1. The van der Waals surface area contributed by atoms with Crippen molar-refractivity contribution < 1.29 is 19.2 Å². The number of aryl methyl sites for hydroxylation is 1. The zero-order valence-corrected chi connectivity index (χ0v) is 17.1. The largest absolute Gasteiger partial charge is 0.479 e. The highest BCUT2D eigenvalue weighted by atomic mass is 16.6. The quantitative estimate of drug-likeness (QED) is 0.532. The van der Waals surface area contributed by atoms with E-state index in [4.69, 9.17) is 4.74 Å². The monoisotopic (exact) mass is 410 g/mol. The molecule has 0 saturated carbocycles. The molecule has 0 bridgehead atoms. The number of nitro benzene ring substituents is 1. The van der Waals surface area contributed by atoms with Crippen LogP contribution in [0.3, 0.4) is 0 Å². The highest BCUT2D eigenvalue weighted by molar-refractivity contribution is 6.04. The van der Waals surface area contributed by atoms with Gasteiger partial charge in [-0.3, -0.25) is 19.7 Å². The number of nitriles is 1. The lowest BCUT2D eigenvalue weighted by molar-refractivity contribution is -0.385. The number of ether oxygens (including phenoxy) is 1. The number of carbonyl (C=O) groups is 2. The van der Waals surface area contributed by atoms with E-state index in [1.165, 1.54) is 25.2 Å². The van der Waals surface area contributed by atoms with Crippen molar-refractivity contribution in [3.63, 3.8) is 0 Å². The van der Waals surface area contributed by atoms with Gasteiger partial charge in [-0.1, -0.05) is 12.1 Å². The molecule has 30 heavy (non-hydrogen) atoms. The summed E-state index contributed by atoms with van der Waals surface area (Å²) in [6, 6.07) is 12.5. The van der Waals surface area contributed by atoms with E-state index in [9.17, 15) is 25.0 Å². The Hall–Kier alpha value is -3.93. The van der Waals surface area contributed by atoms with E-state index in [1.54, 1.807) is 45.0 Å². The topological polar surface area (TPSA) is 134 Å². The number of carbonyl (C=O) groups excluding carboxylic acids is 2. The average molecular weight is 410 g/mol.